The van der Waals surface area contributed by atoms with Gasteiger partial charge in [-0.25, -0.2) is 9.97 Å². The zero-order valence-electron chi connectivity index (χ0n) is 8.28. The third-order valence-corrected chi connectivity index (χ3v) is 2.43. The molecule has 0 bridgehead atoms. The van der Waals surface area contributed by atoms with Gasteiger partial charge in [0.05, 0.1) is 0 Å². The highest BCUT2D eigenvalue weighted by Gasteiger charge is 2.34. The van der Waals surface area contributed by atoms with Crippen LogP contribution in [0, 0.1) is 5.92 Å². The van der Waals surface area contributed by atoms with E-state index in [2.05, 4.69) is 9.97 Å². The van der Waals surface area contributed by atoms with Crippen LogP contribution in [-0.4, -0.2) is 34.8 Å². The van der Waals surface area contributed by atoms with E-state index in [0.717, 1.165) is 12.3 Å². The molecule has 1 aliphatic rings. The predicted octanol–water partition coefficient (Wildman–Crippen LogP) is 0.924. The lowest BCUT2D eigenvalue weighted by Gasteiger charge is -2.38. The highest BCUT2D eigenvalue weighted by molar-refractivity contribution is 5.34. The Bertz CT molecular complexity index is 377. The molecule has 1 N–H and O–H groups in total. The predicted molar refractivity (Wildman–Crippen MR) is 49.8 cm³/mol. The number of anilines is 1. The van der Waals surface area contributed by atoms with Gasteiger partial charge in [0.2, 0.25) is 5.95 Å². The van der Waals surface area contributed by atoms with E-state index in [0.29, 0.717) is 13.1 Å². The number of halogens is 3. The van der Waals surface area contributed by atoms with Crippen molar-refractivity contribution in [1.82, 2.24) is 9.97 Å². The fraction of sp³-hybridized carbons (Fsp3) is 0.556. The summed E-state index contributed by atoms with van der Waals surface area (Å²) in [5.41, 5.74) is -0.940. The van der Waals surface area contributed by atoms with Crippen LogP contribution in [0.5, 0.6) is 0 Å². The normalized spacial score (nSPS) is 17.4. The van der Waals surface area contributed by atoms with Crippen molar-refractivity contribution in [3.8, 4) is 0 Å². The van der Waals surface area contributed by atoms with Crippen LogP contribution in [0.3, 0.4) is 0 Å². The van der Waals surface area contributed by atoms with Gasteiger partial charge in [-0.1, -0.05) is 0 Å². The van der Waals surface area contributed by atoms with Crippen molar-refractivity contribution in [3.63, 3.8) is 0 Å². The fourth-order valence-corrected chi connectivity index (χ4v) is 1.51. The summed E-state index contributed by atoms with van der Waals surface area (Å²) in [6, 6.07) is 0.840. The molecule has 16 heavy (non-hydrogen) atoms. The molecule has 0 spiro atoms. The van der Waals surface area contributed by atoms with E-state index >= 15 is 0 Å². The van der Waals surface area contributed by atoms with Crippen LogP contribution >= 0.6 is 0 Å². The smallest absolute Gasteiger partial charge is 0.396 e. The zero-order valence-corrected chi connectivity index (χ0v) is 8.28. The molecular weight excluding hydrogens is 223 g/mol. The molecule has 2 heterocycles. The second-order valence-electron chi connectivity index (χ2n) is 3.69. The second-order valence-corrected chi connectivity index (χ2v) is 3.69. The monoisotopic (exact) mass is 233 g/mol. The maximum absolute atomic E-state index is 12.3. The van der Waals surface area contributed by atoms with Crippen LogP contribution in [0.15, 0.2) is 12.3 Å². The van der Waals surface area contributed by atoms with Gasteiger partial charge >= 0.3 is 6.18 Å². The van der Waals surface area contributed by atoms with E-state index in [1.165, 1.54) is 0 Å². The number of hydrogen-bond donors (Lipinski definition) is 1. The SMILES string of the molecule is OCC1CN(c2nccc(C(F)(F)F)n2)C1. The van der Waals surface area contributed by atoms with Gasteiger partial charge in [-0.15, -0.1) is 0 Å². The lowest BCUT2D eigenvalue weighted by Crippen LogP contribution is -2.49. The van der Waals surface area contributed by atoms with E-state index in [4.69, 9.17) is 5.11 Å². The Kier molecular flexibility index (Phi) is 2.71. The Morgan fingerprint density at radius 3 is 2.69 bits per heavy atom. The zero-order chi connectivity index (χ0) is 11.8. The van der Waals surface area contributed by atoms with Crippen molar-refractivity contribution >= 4 is 5.95 Å². The van der Waals surface area contributed by atoms with Gasteiger partial charge < -0.3 is 10.0 Å². The summed E-state index contributed by atoms with van der Waals surface area (Å²) in [5.74, 6) is 0.178. The number of nitrogens with zero attached hydrogens (tertiary/aromatic N) is 3. The molecule has 1 aromatic rings. The molecule has 1 saturated heterocycles. The first-order valence-corrected chi connectivity index (χ1v) is 4.77. The van der Waals surface area contributed by atoms with Crippen molar-refractivity contribution in [1.29, 1.82) is 0 Å². The minimum atomic E-state index is -4.45. The first kappa shape index (κ1) is 11.1. The standard InChI is InChI=1S/C9H10F3N3O/c10-9(11,12)7-1-2-13-8(14-7)15-3-6(4-15)5-16/h1-2,6,16H,3-5H2. The van der Waals surface area contributed by atoms with Crippen molar-refractivity contribution in [2.75, 3.05) is 24.6 Å². The fourth-order valence-electron chi connectivity index (χ4n) is 1.51. The number of alkyl halides is 3. The van der Waals surface area contributed by atoms with Crippen molar-refractivity contribution < 1.29 is 18.3 Å². The first-order valence-electron chi connectivity index (χ1n) is 4.77. The molecule has 1 fully saturated rings. The van der Waals surface area contributed by atoms with Crippen LogP contribution < -0.4 is 4.90 Å². The highest BCUT2D eigenvalue weighted by Crippen LogP contribution is 2.29. The maximum atomic E-state index is 12.3. The summed E-state index contributed by atoms with van der Waals surface area (Å²) < 4.78 is 37.0. The van der Waals surface area contributed by atoms with Crippen LogP contribution in [0.2, 0.25) is 0 Å². The van der Waals surface area contributed by atoms with E-state index in [9.17, 15) is 13.2 Å². The van der Waals surface area contributed by atoms with Gasteiger partial charge in [0.1, 0.15) is 5.69 Å². The molecule has 0 saturated carbocycles. The van der Waals surface area contributed by atoms with Crippen LogP contribution in [0.1, 0.15) is 5.69 Å². The van der Waals surface area contributed by atoms with E-state index in [1.54, 1.807) is 4.90 Å². The van der Waals surface area contributed by atoms with Gasteiger partial charge in [0.25, 0.3) is 0 Å². The van der Waals surface area contributed by atoms with Crippen LogP contribution in [-0.2, 0) is 6.18 Å². The minimum absolute atomic E-state index is 0.0372. The molecule has 0 radical (unpaired) electrons. The Morgan fingerprint density at radius 2 is 2.12 bits per heavy atom. The molecular formula is C9H10F3N3O. The van der Waals surface area contributed by atoms with Crippen molar-refractivity contribution in [2.45, 2.75) is 6.18 Å². The molecule has 0 unspecified atom stereocenters. The van der Waals surface area contributed by atoms with Crippen molar-refractivity contribution in [3.05, 3.63) is 18.0 Å². The molecule has 0 atom stereocenters. The summed E-state index contributed by atoms with van der Waals surface area (Å²) in [5, 5.41) is 8.79. The molecule has 0 amide bonds. The average molecular weight is 233 g/mol. The van der Waals surface area contributed by atoms with E-state index in [-0.39, 0.29) is 18.5 Å². The Labute approximate surface area is 89.7 Å². The summed E-state index contributed by atoms with van der Waals surface area (Å²) >= 11 is 0. The molecule has 1 aliphatic heterocycles. The number of aliphatic hydroxyl groups is 1. The third kappa shape index (κ3) is 2.08. The highest BCUT2D eigenvalue weighted by atomic mass is 19.4. The molecule has 88 valence electrons. The third-order valence-electron chi connectivity index (χ3n) is 2.43. The number of aliphatic hydroxyl groups excluding tert-OH is 1. The lowest BCUT2D eigenvalue weighted by atomic mass is 10.0. The Morgan fingerprint density at radius 1 is 1.44 bits per heavy atom. The van der Waals surface area contributed by atoms with Crippen LogP contribution in [0.4, 0.5) is 19.1 Å². The molecule has 4 nitrogen and oxygen atoms in total. The first-order chi connectivity index (χ1) is 7.50. The van der Waals surface area contributed by atoms with Gasteiger partial charge in [0, 0.05) is 31.8 Å². The lowest BCUT2D eigenvalue weighted by molar-refractivity contribution is -0.141. The quantitative estimate of drug-likeness (QED) is 0.825. The topological polar surface area (TPSA) is 49.2 Å². The number of hydrogen-bond acceptors (Lipinski definition) is 4. The summed E-state index contributed by atoms with van der Waals surface area (Å²) in [6.45, 7) is 1.03. The van der Waals surface area contributed by atoms with Gasteiger partial charge in [-0.3, -0.25) is 0 Å². The van der Waals surface area contributed by atoms with Gasteiger partial charge in [0.15, 0.2) is 0 Å². The summed E-state index contributed by atoms with van der Waals surface area (Å²) in [7, 11) is 0. The Hall–Kier alpha value is -1.37. The van der Waals surface area contributed by atoms with Gasteiger partial charge in [-0.05, 0) is 6.07 Å². The maximum Gasteiger partial charge on any atom is 0.433 e. The molecule has 2 rings (SSSR count). The summed E-state index contributed by atoms with van der Waals surface area (Å²) in [4.78, 5) is 8.83. The average Bonchev–Trinajstić information content (AvgIpc) is 2.15. The molecule has 7 heteroatoms. The molecule has 0 aromatic carbocycles. The number of aromatic nitrogens is 2. The van der Waals surface area contributed by atoms with E-state index in [1.807, 2.05) is 0 Å². The largest absolute Gasteiger partial charge is 0.433 e. The van der Waals surface area contributed by atoms with Gasteiger partial charge in [-0.2, -0.15) is 13.2 Å². The molecule has 0 aliphatic carbocycles. The Balaban J connectivity index is 2.12. The molecule has 1 aromatic heterocycles. The van der Waals surface area contributed by atoms with Crippen LogP contribution in [0.25, 0.3) is 0 Å². The number of rotatable bonds is 2. The van der Waals surface area contributed by atoms with Crippen molar-refractivity contribution in [2.24, 2.45) is 5.92 Å². The minimum Gasteiger partial charge on any atom is -0.396 e. The second kappa shape index (κ2) is 3.89. The summed E-state index contributed by atoms with van der Waals surface area (Å²) in [6.07, 6.45) is -3.35. The van der Waals surface area contributed by atoms with E-state index < -0.39 is 11.9 Å².